The Hall–Kier alpha value is -1.56. The summed E-state index contributed by atoms with van der Waals surface area (Å²) >= 11 is 1.60. The van der Waals surface area contributed by atoms with E-state index in [0.29, 0.717) is 19.4 Å². The van der Waals surface area contributed by atoms with E-state index in [1.165, 1.54) is 0 Å². The van der Waals surface area contributed by atoms with Crippen molar-refractivity contribution >= 4 is 23.1 Å². The van der Waals surface area contributed by atoms with E-state index in [2.05, 4.69) is 10.5 Å². The van der Waals surface area contributed by atoms with E-state index in [9.17, 15) is 4.79 Å². The summed E-state index contributed by atoms with van der Waals surface area (Å²) in [6.45, 7) is 0.489. The van der Waals surface area contributed by atoms with Crippen LogP contribution >= 0.6 is 11.3 Å². The van der Waals surface area contributed by atoms with Crippen LogP contribution in [0.2, 0.25) is 0 Å². The Kier molecular flexibility index (Phi) is 5.00. The monoisotopic (exact) mass is 295 g/mol. The summed E-state index contributed by atoms with van der Waals surface area (Å²) in [5.74, 6) is -0.0804. The standard InChI is InChI=1S/C14H21N3O2S/c15-12(17-19)14(6-3-1-2-4-7-14)13(18)16-9-11-5-8-20-10-11/h5,8,10,19H,1-4,6-7,9H2,(H2,15,17)(H,16,18). The minimum atomic E-state index is -0.846. The van der Waals surface area contributed by atoms with Crippen LogP contribution in [0.25, 0.3) is 0 Å². The van der Waals surface area contributed by atoms with Gasteiger partial charge in [-0.05, 0) is 35.2 Å². The number of hydrogen-bond acceptors (Lipinski definition) is 4. The molecule has 0 aromatic carbocycles. The maximum atomic E-state index is 12.6. The van der Waals surface area contributed by atoms with Gasteiger partial charge in [0.25, 0.3) is 0 Å². The number of amidine groups is 1. The SMILES string of the molecule is NC(=NO)C1(C(=O)NCc2ccsc2)CCCCCC1. The fourth-order valence-corrected chi connectivity index (χ4v) is 3.44. The van der Waals surface area contributed by atoms with Crippen LogP contribution in [-0.2, 0) is 11.3 Å². The Balaban J connectivity index is 2.11. The predicted molar refractivity (Wildman–Crippen MR) is 79.7 cm³/mol. The number of nitrogens with one attached hydrogen (secondary N) is 1. The van der Waals surface area contributed by atoms with Crippen molar-refractivity contribution in [1.82, 2.24) is 5.32 Å². The van der Waals surface area contributed by atoms with E-state index < -0.39 is 5.41 Å². The number of hydrogen-bond donors (Lipinski definition) is 3. The lowest BCUT2D eigenvalue weighted by Gasteiger charge is -2.29. The average Bonchev–Trinajstić information content (AvgIpc) is 2.86. The first-order valence-corrected chi connectivity index (χ1v) is 7.91. The highest BCUT2D eigenvalue weighted by molar-refractivity contribution is 7.07. The lowest BCUT2D eigenvalue weighted by Crippen LogP contribution is -2.49. The number of rotatable bonds is 4. The highest BCUT2D eigenvalue weighted by Crippen LogP contribution is 2.35. The van der Waals surface area contributed by atoms with E-state index in [-0.39, 0.29) is 11.7 Å². The van der Waals surface area contributed by atoms with Crippen LogP contribution in [-0.4, -0.2) is 17.0 Å². The van der Waals surface area contributed by atoms with E-state index >= 15 is 0 Å². The van der Waals surface area contributed by atoms with Crippen LogP contribution in [0.1, 0.15) is 44.1 Å². The van der Waals surface area contributed by atoms with Crippen molar-refractivity contribution in [3.63, 3.8) is 0 Å². The van der Waals surface area contributed by atoms with Gasteiger partial charge in [-0.15, -0.1) is 0 Å². The molecule has 0 unspecified atom stereocenters. The molecule has 1 fully saturated rings. The second-order valence-corrected chi connectivity index (χ2v) is 6.08. The summed E-state index contributed by atoms with van der Waals surface area (Å²) in [6.07, 6.45) is 5.36. The lowest BCUT2D eigenvalue weighted by molar-refractivity contribution is -0.128. The zero-order valence-corrected chi connectivity index (χ0v) is 12.3. The molecule has 6 heteroatoms. The van der Waals surface area contributed by atoms with Gasteiger partial charge in [-0.25, -0.2) is 0 Å². The van der Waals surface area contributed by atoms with Gasteiger partial charge in [0.15, 0.2) is 5.84 Å². The minimum absolute atomic E-state index is 0.0437. The molecule has 1 aliphatic carbocycles. The highest BCUT2D eigenvalue weighted by atomic mass is 32.1. The van der Waals surface area contributed by atoms with Gasteiger partial charge >= 0.3 is 0 Å². The van der Waals surface area contributed by atoms with Gasteiger partial charge in [0, 0.05) is 6.54 Å². The van der Waals surface area contributed by atoms with Gasteiger partial charge < -0.3 is 16.3 Å². The van der Waals surface area contributed by atoms with Gasteiger partial charge in [-0.1, -0.05) is 30.8 Å². The molecular weight excluding hydrogens is 274 g/mol. The van der Waals surface area contributed by atoms with Gasteiger partial charge in [0.05, 0.1) is 0 Å². The molecule has 110 valence electrons. The Labute approximate surface area is 122 Å². The van der Waals surface area contributed by atoms with E-state index in [4.69, 9.17) is 10.9 Å². The molecule has 0 atom stereocenters. The lowest BCUT2D eigenvalue weighted by atomic mass is 9.78. The van der Waals surface area contributed by atoms with Crippen LogP contribution < -0.4 is 11.1 Å². The topological polar surface area (TPSA) is 87.7 Å². The molecule has 1 aromatic heterocycles. The first kappa shape index (κ1) is 14.8. The number of carbonyl (C=O) groups excluding carboxylic acids is 1. The Morgan fingerprint density at radius 3 is 2.65 bits per heavy atom. The summed E-state index contributed by atoms with van der Waals surface area (Å²) in [4.78, 5) is 12.6. The van der Waals surface area contributed by atoms with E-state index in [0.717, 1.165) is 31.2 Å². The second kappa shape index (κ2) is 6.74. The van der Waals surface area contributed by atoms with Crippen molar-refractivity contribution in [2.75, 3.05) is 0 Å². The fraction of sp³-hybridized carbons (Fsp3) is 0.571. The number of nitrogens with two attached hydrogens (primary N) is 1. The quantitative estimate of drug-likeness (QED) is 0.262. The van der Waals surface area contributed by atoms with Gasteiger partial charge in [0.1, 0.15) is 5.41 Å². The molecule has 0 aliphatic heterocycles. The third kappa shape index (κ3) is 3.12. The number of oxime groups is 1. The Morgan fingerprint density at radius 1 is 1.40 bits per heavy atom. The molecule has 1 amide bonds. The zero-order valence-electron chi connectivity index (χ0n) is 11.5. The average molecular weight is 295 g/mol. The largest absolute Gasteiger partial charge is 0.409 e. The molecule has 4 N–H and O–H groups in total. The van der Waals surface area contributed by atoms with Crippen molar-refractivity contribution in [1.29, 1.82) is 0 Å². The molecule has 0 spiro atoms. The summed E-state index contributed by atoms with van der Waals surface area (Å²) in [5, 5.41) is 19.1. The summed E-state index contributed by atoms with van der Waals surface area (Å²) < 4.78 is 0. The molecule has 0 saturated heterocycles. The highest BCUT2D eigenvalue weighted by Gasteiger charge is 2.42. The molecule has 1 saturated carbocycles. The maximum absolute atomic E-state index is 12.6. The van der Waals surface area contributed by atoms with Crippen molar-refractivity contribution in [3.8, 4) is 0 Å². The van der Waals surface area contributed by atoms with Crippen molar-refractivity contribution < 1.29 is 10.0 Å². The first-order valence-electron chi connectivity index (χ1n) is 6.96. The minimum Gasteiger partial charge on any atom is -0.409 e. The second-order valence-electron chi connectivity index (χ2n) is 5.30. The molecule has 0 radical (unpaired) electrons. The number of nitrogens with zero attached hydrogens (tertiary/aromatic N) is 1. The van der Waals surface area contributed by atoms with Crippen LogP contribution in [0, 0.1) is 5.41 Å². The molecule has 1 aromatic rings. The van der Waals surface area contributed by atoms with Crippen molar-refractivity contribution in [2.24, 2.45) is 16.3 Å². The number of thiophene rings is 1. The van der Waals surface area contributed by atoms with Crippen molar-refractivity contribution in [3.05, 3.63) is 22.4 Å². The van der Waals surface area contributed by atoms with Crippen LogP contribution in [0.3, 0.4) is 0 Å². The van der Waals surface area contributed by atoms with Gasteiger partial charge in [-0.2, -0.15) is 11.3 Å². The van der Waals surface area contributed by atoms with Crippen LogP contribution in [0.15, 0.2) is 22.0 Å². The van der Waals surface area contributed by atoms with Gasteiger partial charge in [0.2, 0.25) is 5.91 Å². The van der Waals surface area contributed by atoms with Crippen molar-refractivity contribution in [2.45, 2.75) is 45.1 Å². The van der Waals surface area contributed by atoms with E-state index in [1.807, 2.05) is 16.8 Å². The van der Waals surface area contributed by atoms with E-state index in [1.54, 1.807) is 11.3 Å². The van der Waals surface area contributed by atoms with Crippen LogP contribution in [0.4, 0.5) is 0 Å². The molecule has 1 heterocycles. The summed E-state index contributed by atoms with van der Waals surface area (Å²) in [6, 6.07) is 1.98. The molecule has 1 aliphatic rings. The summed E-state index contributed by atoms with van der Waals surface area (Å²) in [5.41, 5.74) is 6.07. The first-order chi connectivity index (χ1) is 9.69. The smallest absolute Gasteiger partial charge is 0.234 e. The Bertz CT molecular complexity index is 463. The number of amides is 1. The fourth-order valence-electron chi connectivity index (χ4n) is 2.77. The molecular formula is C14H21N3O2S. The third-order valence-corrected chi connectivity index (χ3v) is 4.76. The predicted octanol–water partition coefficient (Wildman–Crippen LogP) is 2.45. The maximum Gasteiger partial charge on any atom is 0.234 e. The van der Waals surface area contributed by atoms with Gasteiger partial charge in [-0.3, -0.25) is 4.79 Å². The van der Waals surface area contributed by atoms with Crippen LogP contribution in [0.5, 0.6) is 0 Å². The zero-order chi connectivity index (χ0) is 14.4. The normalized spacial score (nSPS) is 19.3. The molecule has 5 nitrogen and oxygen atoms in total. The summed E-state index contributed by atoms with van der Waals surface area (Å²) in [7, 11) is 0. The molecule has 0 bridgehead atoms. The number of carbonyl (C=O) groups is 1. The Morgan fingerprint density at radius 2 is 2.10 bits per heavy atom. The third-order valence-electron chi connectivity index (χ3n) is 4.02. The molecule has 20 heavy (non-hydrogen) atoms. The molecule has 2 rings (SSSR count).